The van der Waals surface area contributed by atoms with Crippen molar-refractivity contribution in [1.82, 2.24) is 10.2 Å². The molecule has 9 heteroatoms. The van der Waals surface area contributed by atoms with Gasteiger partial charge in [0.15, 0.2) is 11.5 Å². The number of amides is 2. The molecule has 1 aliphatic heterocycles. The van der Waals surface area contributed by atoms with E-state index in [9.17, 15) is 24.9 Å². The van der Waals surface area contributed by atoms with E-state index in [0.29, 0.717) is 40.5 Å². The molecule has 2 aromatic carbocycles. The minimum absolute atomic E-state index is 0.0574. The van der Waals surface area contributed by atoms with Crippen molar-refractivity contribution in [2.24, 2.45) is 5.92 Å². The summed E-state index contributed by atoms with van der Waals surface area (Å²) in [6.45, 7) is 1.87. The number of carbonyl (C=O) groups excluding carboxylic acids is 2. The van der Waals surface area contributed by atoms with E-state index in [4.69, 9.17) is 9.47 Å². The summed E-state index contributed by atoms with van der Waals surface area (Å²) in [5.74, 6) is 0.200. The highest BCUT2D eigenvalue weighted by Gasteiger charge is 2.51. The lowest BCUT2D eigenvalue weighted by molar-refractivity contribution is -0.138. The Morgan fingerprint density at radius 1 is 1.10 bits per heavy atom. The molecule has 0 bridgehead atoms. The first-order chi connectivity index (χ1) is 20.3. The minimum atomic E-state index is -1.14. The number of aliphatic hydroxyl groups excluding tert-OH is 3. The van der Waals surface area contributed by atoms with Crippen molar-refractivity contribution in [3.8, 4) is 11.5 Å². The van der Waals surface area contributed by atoms with Crippen LogP contribution in [0.5, 0.6) is 11.5 Å². The predicted molar refractivity (Wildman–Crippen MR) is 157 cm³/mol. The summed E-state index contributed by atoms with van der Waals surface area (Å²) < 4.78 is 11.9. The number of hydrogen-bond acceptors (Lipinski definition) is 7. The molecule has 4 unspecified atom stereocenters. The Labute approximate surface area is 247 Å². The number of benzene rings is 2. The van der Waals surface area contributed by atoms with Crippen LogP contribution in [0, 0.1) is 12.8 Å². The summed E-state index contributed by atoms with van der Waals surface area (Å²) in [5, 5.41) is 33.9. The van der Waals surface area contributed by atoms with Gasteiger partial charge < -0.3 is 35.0 Å². The van der Waals surface area contributed by atoms with E-state index in [1.807, 2.05) is 31.2 Å². The van der Waals surface area contributed by atoms with Gasteiger partial charge in [0, 0.05) is 30.6 Å². The van der Waals surface area contributed by atoms with E-state index in [2.05, 4.69) is 5.32 Å². The zero-order valence-electron chi connectivity index (χ0n) is 24.4. The lowest BCUT2D eigenvalue weighted by Crippen LogP contribution is -2.55. The number of aryl methyl sites for hydroxylation is 1. The second kappa shape index (κ2) is 13.3. The van der Waals surface area contributed by atoms with Crippen LogP contribution in [0.3, 0.4) is 0 Å². The van der Waals surface area contributed by atoms with Crippen molar-refractivity contribution >= 4 is 11.8 Å². The Hall–Kier alpha value is -3.40. The highest BCUT2D eigenvalue weighted by atomic mass is 16.5. The Balaban J connectivity index is 1.54. The topological polar surface area (TPSA) is 129 Å². The molecule has 0 aromatic heterocycles. The van der Waals surface area contributed by atoms with Crippen molar-refractivity contribution in [2.75, 3.05) is 20.3 Å². The number of nitrogens with one attached hydrogen (secondary N) is 1. The second-order valence-electron chi connectivity index (χ2n) is 11.7. The molecule has 4 atom stereocenters. The molecule has 4 N–H and O–H groups in total. The van der Waals surface area contributed by atoms with Crippen LogP contribution in [0.15, 0.2) is 48.0 Å². The molecular formula is C33H42N2O7. The standard InChI is InChI=1S/C33H42N2O7/c1-20-7-9-22(10-8-20)18-35(28(38)12-11-21-5-3-4-6-21)26-17-25(33(40)34-13-14-36)29-24-15-23(19-37)16-27(41-2)31(24)42-32(29)30(26)39/h7-10,15-17,21,26,29-30,32,36-37,39H,3-6,11-14,18-19H2,1-2H3,(H,34,40). The maximum absolute atomic E-state index is 13.9. The highest BCUT2D eigenvalue weighted by molar-refractivity contribution is 5.96. The highest BCUT2D eigenvalue weighted by Crippen LogP contribution is 2.51. The molecule has 2 aromatic rings. The molecule has 226 valence electrons. The van der Waals surface area contributed by atoms with E-state index in [1.165, 1.54) is 20.0 Å². The normalized spacial score (nSPS) is 23.0. The number of methoxy groups -OCH3 is 1. The first kappa shape index (κ1) is 30.1. The summed E-state index contributed by atoms with van der Waals surface area (Å²) >= 11 is 0. The molecule has 0 spiro atoms. The van der Waals surface area contributed by atoms with E-state index in [1.54, 1.807) is 23.1 Å². The van der Waals surface area contributed by atoms with Gasteiger partial charge in [0.05, 0.1) is 32.3 Å². The first-order valence-corrected chi connectivity index (χ1v) is 15.0. The fraction of sp³-hybridized carbons (Fsp3) is 0.515. The molecule has 0 radical (unpaired) electrons. The molecule has 1 heterocycles. The van der Waals surface area contributed by atoms with Crippen LogP contribution in [0.2, 0.25) is 0 Å². The molecular weight excluding hydrogens is 536 g/mol. The molecule has 2 aliphatic carbocycles. The number of ether oxygens (including phenoxy) is 2. The fourth-order valence-electron chi connectivity index (χ4n) is 6.64. The number of carbonyl (C=O) groups is 2. The van der Waals surface area contributed by atoms with E-state index < -0.39 is 30.1 Å². The number of rotatable bonds is 11. The van der Waals surface area contributed by atoms with Gasteiger partial charge in [-0.1, -0.05) is 55.5 Å². The third-order valence-electron chi connectivity index (χ3n) is 8.89. The van der Waals surface area contributed by atoms with Gasteiger partial charge in [0.2, 0.25) is 11.8 Å². The number of aliphatic hydroxyl groups is 3. The zero-order valence-corrected chi connectivity index (χ0v) is 24.4. The molecule has 9 nitrogen and oxygen atoms in total. The molecule has 0 saturated heterocycles. The van der Waals surface area contributed by atoms with Gasteiger partial charge in [0.1, 0.15) is 12.2 Å². The van der Waals surface area contributed by atoms with Crippen LogP contribution in [0.4, 0.5) is 0 Å². The average molecular weight is 579 g/mol. The average Bonchev–Trinajstić information content (AvgIpc) is 3.67. The predicted octanol–water partition coefficient (Wildman–Crippen LogP) is 3.12. The molecule has 2 amide bonds. The van der Waals surface area contributed by atoms with Crippen LogP contribution in [-0.2, 0) is 22.7 Å². The summed E-state index contributed by atoms with van der Waals surface area (Å²) in [6, 6.07) is 10.6. The molecule has 42 heavy (non-hydrogen) atoms. The van der Waals surface area contributed by atoms with Crippen molar-refractivity contribution in [3.05, 3.63) is 70.3 Å². The molecule has 1 fully saturated rings. The van der Waals surface area contributed by atoms with Gasteiger partial charge >= 0.3 is 0 Å². The van der Waals surface area contributed by atoms with E-state index in [-0.39, 0.29) is 32.2 Å². The summed E-state index contributed by atoms with van der Waals surface area (Å²) in [7, 11) is 1.50. The van der Waals surface area contributed by atoms with Crippen LogP contribution in [-0.4, -0.2) is 70.5 Å². The quantitative estimate of drug-likeness (QED) is 0.323. The summed E-state index contributed by atoms with van der Waals surface area (Å²) in [6.07, 6.45) is 5.53. The van der Waals surface area contributed by atoms with Crippen molar-refractivity contribution in [2.45, 2.75) is 82.8 Å². The zero-order chi connectivity index (χ0) is 29.8. The Kier molecular flexibility index (Phi) is 9.50. The largest absolute Gasteiger partial charge is 0.493 e. The maximum atomic E-state index is 13.9. The fourth-order valence-corrected chi connectivity index (χ4v) is 6.64. The molecule has 3 aliphatic rings. The molecule has 5 rings (SSSR count). The van der Waals surface area contributed by atoms with Crippen LogP contribution in [0.1, 0.15) is 66.7 Å². The minimum Gasteiger partial charge on any atom is -0.493 e. The second-order valence-corrected chi connectivity index (χ2v) is 11.7. The van der Waals surface area contributed by atoms with Crippen LogP contribution >= 0.6 is 0 Å². The van der Waals surface area contributed by atoms with Crippen LogP contribution in [0.25, 0.3) is 0 Å². The van der Waals surface area contributed by atoms with Crippen molar-refractivity contribution in [1.29, 1.82) is 0 Å². The molecule has 1 saturated carbocycles. The van der Waals surface area contributed by atoms with Gasteiger partial charge in [-0.25, -0.2) is 0 Å². The van der Waals surface area contributed by atoms with E-state index in [0.717, 1.165) is 30.4 Å². The number of nitrogens with zero attached hydrogens (tertiary/aromatic N) is 1. The smallest absolute Gasteiger partial charge is 0.247 e. The number of fused-ring (bicyclic) bond motifs is 3. The third kappa shape index (κ3) is 6.19. The Morgan fingerprint density at radius 3 is 2.50 bits per heavy atom. The maximum Gasteiger partial charge on any atom is 0.247 e. The number of hydrogen-bond donors (Lipinski definition) is 4. The summed E-state index contributed by atoms with van der Waals surface area (Å²) in [5.41, 5.74) is 3.59. The van der Waals surface area contributed by atoms with Gasteiger partial charge in [-0.15, -0.1) is 0 Å². The Bertz CT molecular complexity index is 1300. The van der Waals surface area contributed by atoms with Gasteiger partial charge in [-0.3, -0.25) is 9.59 Å². The van der Waals surface area contributed by atoms with Gasteiger partial charge in [-0.2, -0.15) is 0 Å². The third-order valence-corrected chi connectivity index (χ3v) is 8.89. The van der Waals surface area contributed by atoms with Crippen molar-refractivity contribution in [3.63, 3.8) is 0 Å². The summed E-state index contributed by atoms with van der Waals surface area (Å²) in [4.78, 5) is 29.2. The monoisotopic (exact) mass is 578 g/mol. The first-order valence-electron chi connectivity index (χ1n) is 15.0. The lowest BCUT2D eigenvalue weighted by Gasteiger charge is -2.41. The Morgan fingerprint density at radius 2 is 1.83 bits per heavy atom. The van der Waals surface area contributed by atoms with Crippen LogP contribution < -0.4 is 14.8 Å². The van der Waals surface area contributed by atoms with Gasteiger partial charge in [-0.05, 0) is 48.6 Å². The van der Waals surface area contributed by atoms with Gasteiger partial charge in [0.25, 0.3) is 0 Å². The SMILES string of the molecule is COc1cc(CO)cc2c1OC1C2C(C(=O)NCCO)=CC(N(Cc2ccc(C)cc2)C(=O)CCC2CCCC2)C1O. The van der Waals surface area contributed by atoms with Crippen molar-refractivity contribution < 1.29 is 34.4 Å². The lowest BCUT2D eigenvalue weighted by atomic mass is 9.77. The van der Waals surface area contributed by atoms with E-state index >= 15 is 0 Å².